The van der Waals surface area contributed by atoms with E-state index in [1.54, 1.807) is 23.9 Å². The molecule has 1 saturated heterocycles. The minimum absolute atomic E-state index is 0.0869. The van der Waals surface area contributed by atoms with Gasteiger partial charge in [0, 0.05) is 30.9 Å². The van der Waals surface area contributed by atoms with Crippen LogP contribution in [0.3, 0.4) is 0 Å². The molecule has 25 heavy (non-hydrogen) atoms. The molecule has 2 rings (SSSR count). The summed E-state index contributed by atoms with van der Waals surface area (Å²) >= 11 is 7.72. The first kappa shape index (κ1) is 20.1. The smallest absolute Gasteiger partial charge is 0.238 e. The van der Waals surface area contributed by atoms with E-state index in [-0.39, 0.29) is 16.6 Å². The Labute approximate surface area is 159 Å². The first-order chi connectivity index (χ1) is 11.7. The highest BCUT2D eigenvalue weighted by Gasteiger charge is 2.23. The maximum absolute atomic E-state index is 12.2. The summed E-state index contributed by atoms with van der Waals surface area (Å²) in [5, 5.41) is 3.36. The Balaban J connectivity index is 1.74. The summed E-state index contributed by atoms with van der Waals surface area (Å²) in [6.45, 7) is 9.40. The van der Waals surface area contributed by atoms with Gasteiger partial charge in [-0.25, -0.2) is 0 Å². The summed E-state index contributed by atoms with van der Waals surface area (Å²) in [5.74, 6) is 0.604. The molecule has 7 heteroatoms. The second-order valence-electron chi connectivity index (χ2n) is 7.09. The predicted molar refractivity (Wildman–Crippen MR) is 105 cm³/mol. The average Bonchev–Trinajstić information content (AvgIpc) is 2.55. The normalized spacial score (nSPS) is 15.9. The van der Waals surface area contributed by atoms with Crippen LogP contribution in [0.2, 0.25) is 5.02 Å². The Kier molecular flexibility index (Phi) is 7.16. The van der Waals surface area contributed by atoms with Gasteiger partial charge >= 0.3 is 0 Å². The Hall–Kier alpha value is -1.24. The van der Waals surface area contributed by atoms with E-state index < -0.39 is 0 Å². The number of thioether (sulfide) groups is 1. The third-order valence-corrected chi connectivity index (χ3v) is 5.46. The van der Waals surface area contributed by atoms with Crippen LogP contribution in [-0.4, -0.2) is 64.8 Å². The number of amides is 2. The highest BCUT2D eigenvalue weighted by molar-refractivity contribution is 8.01. The van der Waals surface area contributed by atoms with Gasteiger partial charge in [-0.2, -0.15) is 0 Å². The van der Waals surface area contributed by atoms with E-state index >= 15 is 0 Å². The first-order valence-corrected chi connectivity index (χ1v) is 9.79. The second-order valence-corrected chi connectivity index (χ2v) is 9.30. The van der Waals surface area contributed by atoms with E-state index in [4.69, 9.17) is 11.6 Å². The highest BCUT2D eigenvalue weighted by atomic mass is 35.5. The molecule has 0 bridgehead atoms. The maximum atomic E-state index is 12.2. The van der Waals surface area contributed by atoms with Crippen molar-refractivity contribution in [1.29, 1.82) is 0 Å². The quantitative estimate of drug-likeness (QED) is 0.849. The number of carbonyl (C=O) groups excluding carboxylic acids is 2. The molecule has 2 amide bonds. The molecule has 1 fully saturated rings. The lowest BCUT2D eigenvalue weighted by atomic mass is 10.3. The molecule has 1 aromatic carbocycles. The minimum atomic E-state index is -0.0869. The van der Waals surface area contributed by atoms with E-state index in [9.17, 15) is 9.59 Å². The fourth-order valence-corrected chi connectivity index (χ4v) is 3.40. The van der Waals surface area contributed by atoms with Crippen LogP contribution in [0.4, 0.5) is 5.69 Å². The van der Waals surface area contributed by atoms with Gasteiger partial charge in [0.1, 0.15) is 0 Å². The Morgan fingerprint density at radius 2 is 1.80 bits per heavy atom. The van der Waals surface area contributed by atoms with E-state index in [1.165, 1.54) is 0 Å². The number of rotatable bonds is 5. The molecule has 0 spiro atoms. The zero-order chi connectivity index (χ0) is 18.4. The lowest BCUT2D eigenvalue weighted by Gasteiger charge is -2.34. The number of benzene rings is 1. The Morgan fingerprint density at radius 1 is 1.16 bits per heavy atom. The maximum Gasteiger partial charge on any atom is 0.238 e. The van der Waals surface area contributed by atoms with Crippen LogP contribution < -0.4 is 5.32 Å². The van der Waals surface area contributed by atoms with E-state index in [2.05, 4.69) is 31.0 Å². The number of hydrogen-bond acceptors (Lipinski definition) is 4. The monoisotopic (exact) mass is 383 g/mol. The summed E-state index contributed by atoms with van der Waals surface area (Å²) in [4.78, 5) is 28.4. The largest absolute Gasteiger partial charge is 0.339 e. The zero-order valence-corrected chi connectivity index (χ0v) is 16.6. The Bertz CT molecular complexity index is 611. The number of para-hydroxylation sites is 1. The van der Waals surface area contributed by atoms with Crippen molar-refractivity contribution in [3.63, 3.8) is 0 Å². The van der Waals surface area contributed by atoms with Gasteiger partial charge in [-0.3, -0.25) is 14.5 Å². The molecule has 5 nitrogen and oxygen atoms in total. The van der Waals surface area contributed by atoms with Crippen LogP contribution in [-0.2, 0) is 9.59 Å². The predicted octanol–water partition coefficient (Wildman–Crippen LogP) is 2.95. The van der Waals surface area contributed by atoms with Crippen molar-refractivity contribution < 1.29 is 9.59 Å². The van der Waals surface area contributed by atoms with Crippen molar-refractivity contribution in [2.75, 3.05) is 43.8 Å². The number of anilines is 1. The number of nitrogens with zero attached hydrogens (tertiary/aromatic N) is 2. The first-order valence-electron chi connectivity index (χ1n) is 8.43. The molecule has 0 aromatic heterocycles. The minimum Gasteiger partial charge on any atom is -0.339 e. The van der Waals surface area contributed by atoms with Gasteiger partial charge in [-0.1, -0.05) is 44.5 Å². The molecule has 138 valence electrons. The SMILES string of the molecule is CC(C)(C)SCC(=O)N1CCN(CC(=O)Nc2ccccc2Cl)CC1. The molecule has 1 aliphatic rings. The fraction of sp³-hybridized carbons (Fsp3) is 0.556. The van der Waals surface area contributed by atoms with Crippen LogP contribution in [0.25, 0.3) is 0 Å². The van der Waals surface area contributed by atoms with Crippen molar-refractivity contribution in [2.45, 2.75) is 25.5 Å². The summed E-state index contributed by atoms with van der Waals surface area (Å²) < 4.78 is 0.0916. The summed E-state index contributed by atoms with van der Waals surface area (Å²) in [7, 11) is 0. The molecular formula is C18H26ClN3O2S. The van der Waals surface area contributed by atoms with Crippen LogP contribution in [0.15, 0.2) is 24.3 Å². The lowest BCUT2D eigenvalue weighted by molar-refractivity contribution is -0.130. The molecule has 0 radical (unpaired) electrons. The number of nitrogens with one attached hydrogen (secondary N) is 1. The summed E-state index contributed by atoms with van der Waals surface area (Å²) in [6.07, 6.45) is 0. The topological polar surface area (TPSA) is 52.7 Å². The fourth-order valence-electron chi connectivity index (χ4n) is 2.48. The van der Waals surface area contributed by atoms with Gasteiger partial charge in [0.25, 0.3) is 0 Å². The average molecular weight is 384 g/mol. The van der Waals surface area contributed by atoms with Crippen LogP contribution in [0.1, 0.15) is 20.8 Å². The van der Waals surface area contributed by atoms with E-state index in [0.717, 1.165) is 0 Å². The molecule has 1 aliphatic heterocycles. The third kappa shape index (κ3) is 6.88. The van der Waals surface area contributed by atoms with Crippen molar-refractivity contribution in [3.05, 3.63) is 29.3 Å². The lowest BCUT2D eigenvalue weighted by Crippen LogP contribution is -2.51. The number of hydrogen-bond donors (Lipinski definition) is 1. The van der Waals surface area contributed by atoms with Gasteiger partial charge in [-0.15, -0.1) is 11.8 Å². The van der Waals surface area contributed by atoms with Crippen molar-refractivity contribution in [2.24, 2.45) is 0 Å². The Morgan fingerprint density at radius 3 is 2.40 bits per heavy atom. The number of piperazine rings is 1. The van der Waals surface area contributed by atoms with Crippen molar-refractivity contribution in [3.8, 4) is 0 Å². The molecule has 1 heterocycles. The zero-order valence-electron chi connectivity index (χ0n) is 15.0. The van der Waals surface area contributed by atoms with Gasteiger partial charge < -0.3 is 10.2 Å². The standard InChI is InChI=1S/C18H26ClN3O2S/c1-18(2,3)25-13-17(24)22-10-8-21(9-11-22)12-16(23)20-15-7-5-4-6-14(15)19/h4-7H,8-13H2,1-3H3,(H,20,23). The summed E-state index contributed by atoms with van der Waals surface area (Å²) in [6, 6.07) is 7.19. The molecule has 0 unspecified atom stereocenters. The van der Waals surface area contributed by atoms with E-state index in [1.807, 2.05) is 17.0 Å². The van der Waals surface area contributed by atoms with Gasteiger partial charge in [0.05, 0.1) is 23.0 Å². The van der Waals surface area contributed by atoms with E-state index in [0.29, 0.717) is 49.2 Å². The molecule has 0 saturated carbocycles. The van der Waals surface area contributed by atoms with Gasteiger partial charge in [0.15, 0.2) is 0 Å². The van der Waals surface area contributed by atoms with Crippen molar-refractivity contribution >= 4 is 40.9 Å². The molecular weight excluding hydrogens is 358 g/mol. The van der Waals surface area contributed by atoms with Crippen LogP contribution in [0, 0.1) is 0 Å². The van der Waals surface area contributed by atoms with Crippen LogP contribution >= 0.6 is 23.4 Å². The van der Waals surface area contributed by atoms with Crippen molar-refractivity contribution in [1.82, 2.24) is 9.80 Å². The molecule has 1 N–H and O–H groups in total. The number of carbonyl (C=O) groups is 2. The highest BCUT2D eigenvalue weighted by Crippen LogP contribution is 2.23. The van der Waals surface area contributed by atoms with Crippen LogP contribution in [0.5, 0.6) is 0 Å². The van der Waals surface area contributed by atoms with Gasteiger partial charge in [-0.05, 0) is 12.1 Å². The number of halogens is 1. The second kappa shape index (κ2) is 8.92. The molecule has 0 aliphatic carbocycles. The third-order valence-electron chi connectivity index (χ3n) is 3.87. The summed E-state index contributed by atoms with van der Waals surface area (Å²) in [5.41, 5.74) is 0.627. The van der Waals surface area contributed by atoms with Gasteiger partial charge in [0.2, 0.25) is 11.8 Å². The molecule has 1 aromatic rings. The molecule has 0 atom stereocenters.